The average Bonchev–Trinajstić information content (AvgIpc) is 2.24. The second-order valence-electron chi connectivity index (χ2n) is 4.36. The van der Waals surface area contributed by atoms with Crippen LogP contribution in [-0.4, -0.2) is 40.6 Å². The van der Waals surface area contributed by atoms with Gasteiger partial charge in [0.15, 0.2) is 5.78 Å². The van der Waals surface area contributed by atoms with Crippen molar-refractivity contribution in [3.8, 4) is 0 Å². The number of carbonyl (C=O) groups excluding carboxylic acids is 1. The molecule has 0 spiro atoms. The second kappa shape index (κ2) is 8.63. The minimum absolute atomic E-state index is 0.0109. The zero-order chi connectivity index (χ0) is 14.1. The van der Waals surface area contributed by atoms with Gasteiger partial charge in [-0.25, -0.2) is 0 Å². The lowest BCUT2D eigenvalue weighted by Gasteiger charge is -2.12. The molecular formula is C12H20O6. The fourth-order valence-corrected chi connectivity index (χ4v) is 1.40. The molecule has 2 N–H and O–H groups in total. The Morgan fingerprint density at radius 3 is 2.17 bits per heavy atom. The van der Waals surface area contributed by atoms with E-state index in [4.69, 9.17) is 14.9 Å². The van der Waals surface area contributed by atoms with E-state index < -0.39 is 23.6 Å². The first-order valence-corrected chi connectivity index (χ1v) is 5.93. The van der Waals surface area contributed by atoms with Gasteiger partial charge in [-0.2, -0.15) is 0 Å². The van der Waals surface area contributed by atoms with E-state index in [-0.39, 0.29) is 25.6 Å². The number of hydrogen-bond acceptors (Lipinski definition) is 4. The molecule has 104 valence electrons. The van der Waals surface area contributed by atoms with Gasteiger partial charge in [-0.1, -0.05) is 6.42 Å². The quantitative estimate of drug-likeness (QED) is 0.454. The summed E-state index contributed by atoms with van der Waals surface area (Å²) >= 11 is 0. The molecule has 0 bridgehead atoms. The van der Waals surface area contributed by atoms with Gasteiger partial charge in [-0.05, 0) is 26.7 Å². The van der Waals surface area contributed by atoms with Crippen LogP contribution in [0.2, 0.25) is 0 Å². The lowest BCUT2D eigenvalue weighted by Crippen LogP contribution is -2.28. The third-order valence-electron chi connectivity index (χ3n) is 2.38. The zero-order valence-corrected chi connectivity index (χ0v) is 10.7. The number of ether oxygens (including phenoxy) is 1. The predicted molar refractivity (Wildman–Crippen MR) is 63.3 cm³/mol. The van der Waals surface area contributed by atoms with Gasteiger partial charge in [0.2, 0.25) is 0 Å². The van der Waals surface area contributed by atoms with Gasteiger partial charge in [0.25, 0.3) is 0 Å². The molecule has 0 aliphatic heterocycles. The van der Waals surface area contributed by atoms with Crippen LogP contribution < -0.4 is 0 Å². The Bertz CT molecular complexity index is 297. The van der Waals surface area contributed by atoms with Crippen LogP contribution in [0.4, 0.5) is 0 Å². The van der Waals surface area contributed by atoms with Crippen molar-refractivity contribution in [2.24, 2.45) is 5.92 Å². The van der Waals surface area contributed by atoms with Gasteiger partial charge in [-0.3, -0.25) is 14.4 Å². The molecule has 0 aliphatic carbocycles. The van der Waals surface area contributed by atoms with Crippen molar-refractivity contribution >= 4 is 17.7 Å². The lowest BCUT2D eigenvalue weighted by atomic mass is 9.97. The summed E-state index contributed by atoms with van der Waals surface area (Å²) in [6.45, 7) is 3.30. The molecular weight excluding hydrogens is 240 g/mol. The Kier molecular flexibility index (Phi) is 7.94. The van der Waals surface area contributed by atoms with E-state index >= 15 is 0 Å². The van der Waals surface area contributed by atoms with Crippen molar-refractivity contribution in [3.05, 3.63) is 0 Å². The highest BCUT2D eigenvalue weighted by Gasteiger charge is 2.25. The van der Waals surface area contributed by atoms with Crippen LogP contribution in [0.3, 0.4) is 0 Å². The first kappa shape index (κ1) is 16.6. The van der Waals surface area contributed by atoms with Crippen molar-refractivity contribution in [2.75, 3.05) is 6.61 Å². The van der Waals surface area contributed by atoms with Crippen LogP contribution >= 0.6 is 0 Å². The van der Waals surface area contributed by atoms with Crippen molar-refractivity contribution < 1.29 is 29.3 Å². The largest absolute Gasteiger partial charge is 0.481 e. The van der Waals surface area contributed by atoms with Crippen LogP contribution in [0.1, 0.15) is 39.5 Å². The smallest absolute Gasteiger partial charge is 0.314 e. The molecule has 0 fully saturated rings. The molecule has 6 heteroatoms. The van der Waals surface area contributed by atoms with Gasteiger partial charge in [0, 0.05) is 6.42 Å². The number of carboxylic acids is 2. The van der Waals surface area contributed by atoms with Crippen molar-refractivity contribution in [3.63, 3.8) is 0 Å². The molecule has 0 aromatic rings. The molecule has 6 nitrogen and oxygen atoms in total. The summed E-state index contributed by atoms with van der Waals surface area (Å²) in [7, 11) is 0. The molecule has 0 aromatic heterocycles. The summed E-state index contributed by atoms with van der Waals surface area (Å²) in [4.78, 5) is 32.8. The Hall–Kier alpha value is -1.43. The standard InChI is InChI=1S/C12H20O6/c1-8(2)18-7-10(13)9(12(16)17)5-3-4-6-11(14)15/h8-9H,3-7H2,1-2H3,(H,14,15)(H,16,17). The maximum absolute atomic E-state index is 11.6. The molecule has 0 saturated heterocycles. The first-order chi connectivity index (χ1) is 8.34. The zero-order valence-electron chi connectivity index (χ0n) is 10.7. The number of ketones is 1. The molecule has 0 heterocycles. The van der Waals surface area contributed by atoms with E-state index in [1.54, 1.807) is 13.8 Å². The first-order valence-electron chi connectivity index (χ1n) is 5.93. The van der Waals surface area contributed by atoms with Crippen molar-refractivity contribution in [1.82, 2.24) is 0 Å². The summed E-state index contributed by atoms with van der Waals surface area (Å²) in [6, 6.07) is 0. The SMILES string of the molecule is CC(C)OCC(=O)C(CCCCC(=O)O)C(=O)O. The Labute approximate surface area is 106 Å². The third kappa shape index (κ3) is 7.78. The van der Waals surface area contributed by atoms with Crippen molar-refractivity contribution in [2.45, 2.75) is 45.6 Å². The molecule has 18 heavy (non-hydrogen) atoms. The monoisotopic (exact) mass is 260 g/mol. The number of carbonyl (C=O) groups is 3. The highest BCUT2D eigenvalue weighted by molar-refractivity contribution is 5.98. The summed E-state index contributed by atoms with van der Waals surface area (Å²) in [5, 5.41) is 17.4. The number of rotatable bonds is 10. The molecule has 0 aromatic carbocycles. The Morgan fingerprint density at radius 1 is 1.11 bits per heavy atom. The van der Waals surface area contributed by atoms with Crippen LogP contribution in [0.25, 0.3) is 0 Å². The fourth-order valence-electron chi connectivity index (χ4n) is 1.40. The molecule has 0 rings (SSSR count). The minimum atomic E-state index is -1.18. The Morgan fingerprint density at radius 2 is 1.72 bits per heavy atom. The minimum Gasteiger partial charge on any atom is -0.481 e. The Balaban J connectivity index is 4.09. The van der Waals surface area contributed by atoms with Gasteiger partial charge in [0.05, 0.1) is 6.10 Å². The molecule has 0 aliphatic rings. The van der Waals surface area contributed by atoms with E-state index in [0.29, 0.717) is 12.8 Å². The van der Waals surface area contributed by atoms with Gasteiger partial charge in [0.1, 0.15) is 12.5 Å². The maximum Gasteiger partial charge on any atom is 0.314 e. The summed E-state index contributed by atoms with van der Waals surface area (Å²) < 4.78 is 5.07. The maximum atomic E-state index is 11.6. The summed E-state index contributed by atoms with van der Waals surface area (Å²) in [5.41, 5.74) is 0. The molecule has 1 atom stereocenters. The number of unbranched alkanes of at least 4 members (excludes halogenated alkanes) is 1. The average molecular weight is 260 g/mol. The van der Waals surface area contributed by atoms with Gasteiger partial charge in [-0.15, -0.1) is 0 Å². The van der Waals surface area contributed by atoms with E-state index in [1.165, 1.54) is 0 Å². The van der Waals surface area contributed by atoms with Crippen LogP contribution in [-0.2, 0) is 19.1 Å². The highest BCUT2D eigenvalue weighted by atomic mass is 16.5. The summed E-state index contributed by atoms with van der Waals surface area (Å²) in [6.07, 6.45) is 0.787. The van der Waals surface area contributed by atoms with Crippen molar-refractivity contribution in [1.29, 1.82) is 0 Å². The van der Waals surface area contributed by atoms with Gasteiger partial charge < -0.3 is 14.9 Å². The molecule has 0 amide bonds. The fraction of sp³-hybridized carbons (Fsp3) is 0.750. The van der Waals surface area contributed by atoms with E-state index in [2.05, 4.69) is 0 Å². The number of aliphatic carboxylic acids is 2. The summed E-state index contributed by atoms with van der Waals surface area (Å²) in [5.74, 6) is -3.66. The topological polar surface area (TPSA) is 101 Å². The van der Waals surface area contributed by atoms with E-state index in [0.717, 1.165) is 0 Å². The predicted octanol–water partition coefficient (Wildman–Crippen LogP) is 1.33. The second-order valence-corrected chi connectivity index (χ2v) is 4.36. The molecule has 1 unspecified atom stereocenters. The number of hydrogen-bond donors (Lipinski definition) is 2. The van der Waals surface area contributed by atoms with Crippen LogP contribution in [0.15, 0.2) is 0 Å². The van der Waals surface area contributed by atoms with Crippen LogP contribution in [0.5, 0.6) is 0 Å². The number of Topliss-reactive ketones (excluding diaryl/α,β-unsaturated/α-hetero) is 1. The molecule has 0 radical (unpaired) electrons. The van der Waals surface area contributed by atoms with E-state index in [9.17, 15) is 14.4 Å². The highest BCUT2D eigenvalue weighted by Crippen LogP contribution is 2.12. The number of carboxylic acid groups (broad SMARTS) is 2. The normalized spacial score (nSPS) is 12.4. The van der Waals surface area contributed by atoms with Gasteiger partial charge >= 0.3 is 11.9 Å². The third-order valence-corrected chi connectivity index (χ3v) is 2.38. The van der Waals surface area contributed by atoms with Crippen LogP contribution in [0, 0.1) is 5.92 Å². The lowest BCUT2D eigenvalue weighted by molar-refractivity contribution is -0.148. The van der Waals surface area contributed by atoms with E-state index in [1.807, 2.05) is 0 Å². The molecule has 0 saturated carbocycles.